The first-order valence-corrected chi connectivity index (χ1v) is 12.4. The van der Waals surface area contributed by atoms with E-state index in [1.807, 2.05) is 0 Å². The summed E-state index contributed by atoms with van der Waals surface area (Å²) in [7, 11) is 0. The normalized spacial score (nSPS) is 48.2. The van der Waals surface area contributed by atoms with Crippen molar-refractivity contribution in [2.45, 2.75) is 97.7 Å². The molecule has 3 heteroatoms. The van der Waals surface area contributed by atoms with Crippen molar-refractivity contribution < 1.29 is 9.84 Å². The lowest BCUT2D eigenvalue weighted by Gasteiger charge is -2.60. The molecule has 4 fully saturated rings. The van der Waals surface area contributed by atoms with Crippen molar-refractivity contribution in [3.8, 4) is 0 Å². The molecular formula is C25H45NO2. The SMILES string of the molecule is CCN(CC)CCO[C@H]1CC[C@@]2(C)C(CCC3C2CC[C@@]2(C)C3CC[C@@H]2O)C1. The van der Waals surface area contributed by atoms with Gasteiger partial charge in [0.1, 0.15) is 0 Å². The number of hydrogen-bond acceptors (Lipinski definition) is 3. The maximum atomic E-state index is 10.6. The fourth-order valence-corrected chi connectivity index (χ4v) is 8.23. The van der Waals surface area contributed by atoms with Gasteiger partial charge in [-0.2, -0.15) is 0 Å². The van der Waals surface area contributed by atoms with Gasteiger partial charge < -0.3 is 14.7 Å². The topological polar surface area (TPSA) is 32.7 Å². The summed E-state index contributed by atoms with van der Waals surface area (Å²) in [6, 6.07) is 0. The summed E-state index contributed by atoms with van der Waals surface area (Å²) in [6.07, 6.45) is 12.1. The van der Waals surface area contributed by atoms with Crippen LogP contribution >= 0.6 is 0 Å². The molecule has 0 amide bonds. The first-order valence-electron chi connectivity index (χ1n) is 12.4. The Kier molecular flexibility index (Phi) is 6.18. The van der Waals surface area contributed by atoms with Crippen LogP contribution in [-0.4, -0.2) is 48.5 Å². The summed E-state index contributed by atoms with van der Waals surface area (Å²) in [5.41, 5.74) is 0.742. The highest BCUT2D eigenvalue weighted by atomic mass is 16.5. The molecule has 4 unspecified atom stereocenters. The zero-order valence-electron chi connectivity index (χ0n) is 19.0. The van der Waals surface area contributed by atoms with Crippen molar-refractivity contribution >= 4 is 0 Å². The van der Waals surface area contributed by atoms with Crippen LogP contribution in [0.15, 0.2) is 0 Å². The second-order valence-corrected chi connectivity index (χ2v) is 11.1. The van der Waals surface area contributed by atoms with E-state index in [2.05, 4.69) is 32.6 Å². The second-order valence-electron chi connectivity index (χ2n) is 11.1. The molecule has 4 saturated carbocycles. The smallest absolute Gasteiger partial charge is 0.0597 e. The maximum Gasteiger partial charge on any atom is 0.0597 e. The molecular weight excluding hydrogens is 346 g/mol. The van der Waals surface area contributed by atoms with Gasteiger partial charge in [-0.25, -0.2) is 0 Å². The highest BCUT2D eigenvalue weighted by Gasteiger charge is 2.60. The number of aliphatic hydroxyl groups is 1. The van der Waals surface area contributed by atoms with Gasteiger partial charge in [0.2, 0.25) is 0 Å². The lowest BCUT2D eigenvalue weighted by molar-refractivity contribution is -0.140. The van der Waals surface area contributed by atoms with E-state index in [1.54, 1.807) is 0 Å². The molecule has 0 aliphatic heterocycles. The van der Waals surface area contributed by atoms with Gasteiger partial charge in [0.15, 0.2) is 0 Å². The fourth-order valence-electron chi connectivity index (χ4n) is 8.23. The third-order valence-corrected chi connectivity index (χ3v) is 10.2. The molecule has 4 aliphatic rings. The Morgan fingerprint density at radius 1 is 0.893 bits per heavy atom. The van der Waals surface area contributed by atoms with E-state index < -0.39 is 0 Å². The summed E-state index contributed by atoms with van der Waals surface area (Å²) < 4.78 is 6.37. The van der Waals surface area contributed by atoms with Crippen LogP contribution < -0.4 is 0 Å². The van der Waals surface area contributed by atoms with Gasteiger partial charge in [0.05, 0.1) is 18.8 Å². The van der Waals surface area contributed by atoms with Crippen LogP contribution in [0.1, 0.15) is 85.5 Å². The molecule has 4 rings (SSSR count). The lowest BCUT2D eigenvalue weighted by Crippen LogP contribution is -2.54. The number of nitrogens with zero attached hydrogens (tertiary/aromatic N) is 1. The van der Waals surface area contributed by atoms with Gasteiger partial charge >= 0.3 is 0 Å². The van der Waals surface area contributed by atoms with E-state index in [-0.39, 0.29) is 11.5 Å². The van der Waals surface area contributed by atoms with E-state index in [0.717, 1.165) is 56.3 Å². The Morgan fingerprint density at radius 3 is 2.36 bits per heavy atom. The van der Waals surface area contributed by atoms with Crippen molar-refractivity contribution in [3.05, 3.63) is 0 Å². The Bertz CT molecular complexity index is 535. The van der Waals surface area contributed by atoms with E-state index >= 15 is 0 Å². The zero-order valence-corrected chi connectivity index (χ0v) is 19.0. The molecule has 0 spiro atoms. The van der Waals surface area contributed by atoms with E-state index in [9.17, 15) is 5.11 Å². The van der Waals surface area contributed by atoms with Crippen LogP contribution in [0, 0.1) is 34.5 Å². The molecule has 162 valence electrons. The van der Waals surface area contributed by atoms with E-state index in [4.69, 9.17) is 4.74 Å². The molecule has 0 aromatic rings. The summed E-state index contributed by atoms with van der Waals surface area (Å²) in [5.74, 6) is 3.40. The van der Waals surface area contributed by atoms with Gasteiger partial charge in [-0.1, -0.05) is 27.7 Å². The van der Waals surface area contributed by atoms with Crippen molar-refractivity contribution in [2.24, 2.45) is 34.5 Å². The standard InChI is InChI=1S/C25H45NO2/c1-5-26(6-2)15-16-28-19-11-13-24(3)18(17-19)7-8-20-21-9-10-23(27)25(21,4)14-12-22(20)24/h18-23,27H,5-17H2,1-4H3/t18?,19-,20?,21?,22?,23-,24-,25-/m0/s1. The molecule has 0 heterocycles. The molecule has 3 nitrogen and oxygen atoms in total. The molecule has 28 heavy (non-hydrogen) atoms. The first kappa shape index (κ1) is 21.1. The first-order chi connectivity index (χ1) is 13.4. The fraction of sp³-hybridized carbons (Fsp3) is 1.00. The molecule has 0 radical (unpaired) electrons. The van der Waals surface area contributed by atoms with Crippen molar-refractivity contribution in [2.75, 3.05) is 26.2 Å². The number of fused-ring (bicyclic) bond motifs is 5. The predicted molar refractivity (Wildman–Crippen MR) is 115 cm³/mol. The molecule has 8 atom stereocenters. The molecule has 0 aromatic carbocycles. The molecule has 4 aliphatic carbocycles. The van der Waals surface area contributed by atoms with E-state index in [0.29, 0.717) is 11.5 Å². The largest absolute Gasteiger partial charge is 0.393 e. The minimum Gasteiger partial charge on any atom is -0.393 e. The Labute approximate surface area is 173 Å². The monoisotopic (exact) mass is 391 g/mol. The van der Waals surface area contributed by atoms with Crippen molar-refractivity contribution in [1.29, 1.82) is 0 Å². The summed E-state index contributed by atoms with van der Waals surface area (Å²) in [6.45, 7) is 13.8. The Balaban J connectivity index is 1.37. The predicted octanol–water partition coefficient (Wildman–Crippen LogP) is 5.12. The minimum absolute atomic E-state index is 0.0427. The molecule has 0 aromatic heterocycles. The highest BCUT2D eigenvalue weighted by Crippen LogP contribution is 2.66. The van der Waals surface area contributed by atoms with Gasteiger partial charge in [-0.15, -0.1) is 0 Å². The third-order valence-electron chi connectivity index (χ3n) is 10.2. The summed E-state index contributed by atoms with van der Waals surface area (Å²) in [5, 5.41) is 10.6. The average molecular weight is 392 g/mol. The van der Waals surface area contributed by atoms with Crippen molar-refractivity contribution in [1.82, 2.24) is 4.90 Å². The van der Waals surface area contributed by atoms with E-state index in [1.165, 1.54) is 51.4 Å². The van der Waals surface area contributed by atoms with Crippen LogP contribution in [0.4, 0.5) is 0 Å². The van der Waals surface area contributed by atoms with Gasteiger partial charge in [-0.3, -0.25) is 0 Å². The number of ether oxygens (including phenoxy) is 1. The van der Waals surface area contributed by atoms with Crippen LogP contribution in [0.2, 0.25) is 0 Å². The molecule has 0 bridgehead atoms. The van der Waals surface area contributed by atoms with Crippen LogP contribution in [-0.2, 0) is 4.74 Å². The van der Waals surface area contributed by atoms with Crippen molar-refractivity contribution in [3.63, 3.8) is 0 Å². The molecule has 0 saturated heterocycles. The molecule has 1 N–H and O–H groups in total. The van der Waals surface area contributed by atoms with Crippen LogP contribution in [0.5, 0.6) is 0 Å². The zero-order chi connectivity index (χ0) is 19.9. The summed E-state index contributed by atoms with van der Waals surface area (Å²) >= 11 is 0. The van der Waals surface area contributed by atoms with Gasteiger partial charge in [-0.05, 0) is 105 Å². The summed E-state index contributed by atoms with van der Waals surface area (Å²) in [4.78, 5) is 2.47. The highest BCUT2D eigenvalue weighted by molar-refractivity contribution is 5.09. The number of aliphatic hydroxyl groups excluding tert-OH is 1. The van der Waals surface area contributed by atoms with Crippen LogP contribution in [0.3, 0.4) is 0 Å². The average Bonchev–Trinajstić information content (AvgIpc) is 3.00. The number of hydrogen-bond donors (Lipinski definition) is 1. The number of rotatable bonds is 6. The second kappa shape index (κ2) is 8.19. The third kappa shape index (κ3) is 3.48. The maximum absolute atomic E-state index is 10.6. The van der Waals surface area contributed by atoms with Gasteiger partial charge in [0, 0.05) is 6.54 Å². The lowest BCUT2D eigenvalue weighted by atomic mass is 9.45. The minimum atomic E-state index is -0.0427. The Hall–Kier alpha value is -0.120. The Morgan fingerprint density at radius 2 is 1.61 bits per heavy atom. The quantitative estimate of drug-likeness (QED) is 0.682. The van der Waals surface area contributed by atoms with Gasteiger partial charge in [0.25, 0.3) is 0 Å². The number of likely N-dealkylation sites (N-methyl/N-ethyl adjacent to an activating group) is 1. The van der Waals surface area contributed by atoms with Crippen LogP contribution in [0.25, 0.3) is 0 Å².